The molecular weight excluding hydrogens is 298 g/mol. The molecule has 1 aromatic carbocycles. The van der Waals surface area contributed by atoms with E-state index in [2.05, 4.69) is 0 Å². The van der Waals surface area contributed by atoms with E-state index in [1.54, 1.807) is 12.1 Å². The van der Waals surface area contributed by atoms with Crippen molar-refractivity contribution in [2.24, 2.45) is 11.5 Å². The van der Waals surface area contributed by atoms with Gasteiger partial charge >= 0.3 is 11.6 Å². The average molecular weight is 321 g/mol. The van der Waals surface area contributed by atoms with Gasteiger partial charge in [0.1, 0.15) is 11.6 Å². The van der Waals surface area contributed by atoms with Gasteiger partial charge < -0.3 is 26.7 Å². The monoisotopic (exact) mass is 321 g/mol. The lowest BCUT2D eigenvalue weighted by atomic mass is 10.1. The number of fused-ring (bicyclic) bond motifs is 1. The van der Waals surface area contributed by atoms with Gasteiger partial charge in [-0.25, -0.2) is 4.79 Å². The number of anilines is 1. The second-order valence-corrected chi connectivity index (χ2v) is 5.23. The van der Waals surface area contributed by atoms with Crippen molar-refractivity contribution in [1.29, 1.82) is 0 Å². The van der Waals surface area contributed by atoms with Crippen LogP contribution in [0, 0.1) is 6.92 Å². The van der Waals surface area contributed by atoms with Crippen molar-refractivity contribution in [3.8, 4) is 0 Å². The van der Waals surface area contributed by atoms with Crippen molar-refractivity contribution in [3.63, 3.8) is 0 Å². The molecule has 0 bridgehead atoms. The Morgan fingerprint density at radius 3 is 2.61 bits per heavy atom. The van der Waals surface area contributed by atoms with Crippen LogP contribution >= 0.6 is 0 Å². The quantitative estimate of drug-likeness (QED) is 0.368. The zero-order valence-electron chi connectivity index (χ0n) is 13.1. The zero-order chi connectivity index (χ0) is 17.4. The average Bonchev–Trinajstić information content (AvgIpc) is 2.47. The minimum Gasteiger partial charge on any atom is -0.480 e. The van der Waals surface area contributed by atoms with E-state index in [1.807, 2.05) is 13.0 Å². The van der Waals surface area contributed by atoms with E-state index < -0.39 is 12.0 Å². The lowest BCUT2D eigenvalue weighted by Gasteiger charge is -2.03. The Bertz CT molecular complexity index is 712. The van der Waals surface area contributed by atoms with Crippen molar-refractivity contribution in [3.05, 3.63) is 40.2 Å². The first-order chi connectivity index (χ1) is 10.8. The summed E-state index contributed by atoms with van der Waals surface area (Å²) in [6.45, 7) is 2.47. The van der Waals surface area contributed by atoms with Gasteiger partial charge in [0.25, 0.3) is 0 Å². The van der Waals surface area contributed by atoms with E-state index in [9.17, 15) is 9.59 Å². The molecule has 0 spiro atoms. The van der Waals surface area contributed by atoms with Gasteiger partial charge in [-0.15, -0.1) is 0 Å². The first-order valence-corrected chi connectivity index (χ1v) is 7.33. The highest BCUT2D eigenvalue weighted by Gasteiger charge is 2.09. The smallest absolute Gasteiger partial charge is 0.336 e. The first-order valence-electron chi connectivity index (χ1n) is 7.33. The Balaban J connectivity index is 0.000000241. The van der Waals surface area contributed by atoms with Crippen molar-refractivity contribution in [2.45, 2.75) is 32.2 Å². The predicted octanol–water partition coefficient (Wildman–Crippen LogP) is 1.21. The number of carbonyl (C=O) groups is 1. The second kappa shape index (κ2) is 8.92. The number of benzene rings is 1. The lowest BCUT2D eigenvalue weighted by Crippen LogP contribution is -2.29. The fourth-order valence-corrected chi connectivity index (χ4v) is 1.97. The minimum absolute atomic E-state index is 0.337. The molecule has 1 atom stereocenters. The molecule has 2 aromatic rings. The number of nitrogen functional groups attached to an aromatic ring is 1. The summed E-state index contributed by atoms with van der Waals surface area (Å²) in [5.74, 6) is -0.933. The van der Waals surface area contributed by atoms with Crippen LogP contribution in [0.25, 0.3) is 11.0 Å². The maximum Gasteiger partial charge on any atom is 0.336 e. The van der Waals surface area contributed by atoms with Gasteiger partial charge in [0.15, 0.2) is 0 Å². The normalized spacial score (nSPS) is 11.6. The fourth-order valence-electron chi connectivity index (χ4n) is 1.97. The highest BCUT2D eigenvalue weighted by Crippen LogP contribution is 2.18. The maximum absolute atomic E-state index is 11.0. The molecule has 1 heterocycles. The van der Waals surface area contributed by atoms with Gasteiger partial charge in [-0.1, -0.05) is 6.42 Å². The van der Waals surface area contributed by atoms with Gasteiger partial charge in [-0.2, -0.15) is 0 Å². The van der Waals surface area contributed by atoms with Crippen LogP contribution in [-0.2, 0) is 4.79 Å². The third kappa shape index (κ3) is 6.09. The summed E-state index contributed by atoms with van der Waals surface area (Å²) in [5, 5.41) is 9.25. The lowest BCUT2D eigenvalue weighted by molar-refractivity contribution is -0.138. The third-order valence-electron chi connectivity index (χ3n) is 3.26. The van der Waals surface area contributed by atoms with E-state index in [-0.39, 0.29) is 5.63 Å². The molecule has 0 unspecified atom stereocenters. The molecular formula is C16H23N3O4. The predicted molar refractivity (Wildman–Crippen MR) is 90.2 cm³/mol. The SMILES string of the molecule is Cc1cc(=O)oc2cc(N)ccc12.NCCCC[C@H](N)C(=O)O. The Morgan fingerprint density at radius 1 is 1.30 bits per heavy atom. The largest absolute Gasteiger partial charge is 0.480 e. The number of unbranched alkanes of at least 4 members (excludes halogenated alkanes) is 1. The Morgan fingerprint density at radius 2 is 2.00 bits per heavy atom. The van der Waals surface area contributed by atoms with Crippen LogP contribution in [0.5, 0.6) is 0 Å². The summed E-state index contributed by atoms with van der Waals surface area (Å²) in [7, 11) is 0. The molecule has 0 amide bonds. The number of aliphatic carboxylic acids is 1. The van der Waals surface area contributed by atoms with Crippen molar-refractivity contribution in [1.82, 2.24) is 0 Å². The number of hydrogen-bond donors (Lipinski definition) is 4. The van der Waals surface area contributed by atoms with E-state index in [0.717, 1.165) is 23.8 Å². The zero-order valence-corrected chi connectivity index (χ0v) is 13.1. The van der Waals surface area contributed by atoms with Crippen LogP contribution in [0.4, 0.5) is 5.69 Å². The van der Waals surface area contributed by atoms with Crippen LogP contribution in [0.15, 0.2) is 33.5 Å². The first kappa shape index (κ1) is 18.7. The molecule has 0 saturated heterocycles. The van der Waals surface area contributed by atoms with E-state index in [0.29, 0.717) is 24.2 Å². The number of carboxylic acid groups (broad SMARTS) is 1. The molecule has 0 saturated carbocycles. The van der Waals surface area contributed by atoms with Crippen LogP contribution in [0.2, 0.25) is 0 Å². The molecule has 0 aliphatic rings. The molecule has 0 aliphatic carbocycles. The van der Waals surface area contributed by atoms with Crippen LogP contribution in [0.1, 0.15) is 24.8 Å². The summed E-state index contributed by atoms with van der Waals surface area (Å²) in [5.41, 5.74) is 17.7. The molecule has 7 N–H and O–H groups in total. The number of hydrogen-bond acceptors (Lipinski definition) is 6. The molecule has 23 heavy (non-hydrogen) atoms. The van der Waals surface area contributed by atoms with Gasteiger partial charge in [0, 0.05) is 23.2 Å². The highest BCUT2D eigenvalue weighted by atomic mass is 16.4. The van der Waals surface area contributed by atoms with Gasteiger partial charge in [-0.3, -0.25) is 4.79 Å². The molecule has 7 nitrogen and oxygen atoms in total. The fraction of sp³-hybridized carbons (Fsp3) is 0.375. The van der Waals surface area contributed by atoms with Gasteiger partial charge in [0.05, 0.1) is 0 Å². The number of carboxylic acids is 1. The molecule has 1 aromatic heterocycles. The Hall–Kier alpha value is -2.38. The number of rotatable bonds is 5. The molecule has 7 heteroatoms. The summed E-state index contributed by atoms with van der Waals surface area (Å²) < 4.78 is 4.99. The van der Waals surface area contributed by atoms with Crippen LogP contribution in [0.3, 0.4) is 0 Å². The molecule has 0 radical (unpaired) electrons. The minimum atomic E-state index is -0.933. The molecule has 2 rings (SSSR count). The van der Waals surface area contributed by atoms with E-state index >= 15 is 0 Å². The Labute approximate surface area is 134 Å². The van der Waals surface area contributed by atoms with Gasteiger partial charge in [0.2, 0.25) is 0 Å². The highest BCUT2D eigenvalue weighted by molar-refractivity contribution is 5.82. The Kier molecular flexibility index (Phi) is 7.24. The summed E-state index contributed by atoms with van der Waals surface area (Å²) in [6, 6.07) is 6.05. The molecule has 0 aliphatic heterocycles. The molecule has 126 valence electrons. The second-order valence-electron chi connectivity index (χ2n) is 5.23. The van der Waals surface area contributed by atoms with Crippen LogP contribution in [-0.4, -0.2) is 23.7 Å². The number of aryl methyl sites for hydroxylation is 1. The maximum atomic E-state index is 11.0. The van der Waals surface area contributed by atoms with E-state index in [1.165, 1.54) is 6.07 Å². The summed E-state index contributed by atoms with van der Waals surface area (Å²) in [4.78, 5) is 21.1. The molecule has 0 fully saturated rings. The topological polar surface area (TPSA) is 146 Å². The van der Waals surface area contributed by atoms with Crippen molar-refractivity contribution in [2.75, 3.05) is 12.3 Å². The third-order valence-corrected chi connectivity index (χ3v) is 3.26. The summed E-state index contributed by atoms with van der Waals surface area (Å²) in [6.07, 6.45) is 2.16. The standard InChI is InChI=1S/C10H9NO2.C6H14N2O2/c1-6-4-10(12)13-9-5-7(11)2-3-8(6)9;7-4-2-1-3-5(8)6(9)10/h2-5H,11H2,1H3;5H,1-4,7-8H2,(H,9,10)/t;5-/m.0/s1. The van der Waals surface area contributed by atoms with Crippen molar-refractivity contribution < 1.29 is 14.3 Å². The van der Waals surface area contributed by atoms with Gasteiger partial charge in [-0.05, 0) is 44.0 Å². The number of nitrogens with two attached hydrogens (primary N) is 3. The van der Waals surface area contributed by atoms with Crippen molar-refractivity contribution >= 4 is 22.6 Å². The summed E-state index contributed by atoms with van der Waals surface area (Å²) >= 11 is 0. The van der Waals surface area contributed by atoms with E-state index in [4.69, 9.17) is 26.7 Å². The van der Waals surface area contributed by atoms with Crippen LogP contribution < -0.4 is 22.8 Å².